The fraction of sp³-hybridized carbons (Fsp3) is 0.158. The number of carbonyl (C=O) groups is 1. The van der Waals surface area contributed by atoms with Crippen molar-refractivity contribution in [3.63, 3.8) is 0 Å². The van der Waals surface area contributed by atoms with E-state index in [9.17, 15) is 15.0 Å². The van der Waals surface area contributed by atoms with Gasteiger partial charge in [0.05, 0.1) is 19.8 Å². The van der Waals surface area contributed by atoms with Crippen LogP contribution in [0, 0.1) is 5.41 Å². The van der Waals surface area contributed by atoms with E-state index < -0.39 is 5.97 Å². The first-order valence-corrected chi connectivity index (χ1v) is 7.64. The van der Waals surface area contributed by atoms with Crippen molar-refractivity contribution < 1.29 is 24.5 Å². The smallest absolute Gasteiger partial charge is 0.331 e. The third-order valence-electron chi connectivity index (χ3n) is 3.94. The van der Waals surface area contributed by atoms with Gasteiger partial charge in [0, 0.05) is 28.8 Å². The van der Waals surface area contributed by atoms with E-state index in [1.165, 1.54) is 27.2 Å². The zero-order chi connectivity index (χ0) is 19.4. The van der Waals surface area contributed by atoms with Crippen LogP contribution in [0.25, 0.3) is 5.57 Å². The maximum atomic E-state index is 11.6. The van der Waals surface area contributed by atoms with Crippen LogP contribution < -0.4 is 15.2 Å². The van der Waals surface area contributed by atoms with Crippen molar-refractivity contribution in [2.45, 2.75) is 6.92 Å². The quantitative estimate of drug-likeness (QED) is 0.358. The molecule has 0 unspecified atom stereocenters. The van der Waals surface area contributed by atoms with Gasteiger partial charge >= 0.3 is 5.97 Å². The number of nitrogens with one attached hydrogen (secondary N) is 1. The summed E-state index contributed by atoms with van der Waals surface area (Å²) in [4.78, 5) is 11.6. The Morgan fingerprint density at radius 1 is 1.08 bits per heavy atom. The number of methoxy groups -OCH3 is 2. The van der Waals surface area contributed by atoms with Gasteiger partial charge in [-0.3, -0.25) is 5.41 Å². The van der Waals surface area contributed by atoms with Crippen LogP contribution in [0.5, 0.6) is 17.2 Å². The Kier molecular flexibility index (Phi) is 5.51. The molecule has 0 aliphatic rings. The largest absolute Gasteiger partial charge is 0.507 e. The summed E-state index contributed by atoms with van der Waals surface area (Å²) in [7, 11) is 2.87. The van der Waals surface area contributed by atoms with Crippen LogP contribution in [0.3, 0.4) is 0 Å². The van der Waals surface area contributed by atoms with Crippen molar-refractivity contribution in [1.82, 2.24) is 0 Å². The number of hydrogen-bond acceptors (Lipinski definition) is 5. The molecule has 0 aliphatic heterocycles. The number of amidine groups is 1. The van der Waals surface area contributed by atoms with E-state index in [2.05, 4.69) is 0 Å². The molecule has 0 amide bonds. The summed E-state index contributed by atoms with van der Waals surface area (Å²) in [6.07, 6.45) is 0. The second-order valence-electron chi connectivity index (χ2n) is 5.52. The molecule has 0 fully saturated rings. The molecule has 0 aromatic heterocycles. The van der Waals surface area contributed by atoms with Gasteiger partial charge in [-0.05, 0) is 12.5 Å². The third-order valence-corrected chi connectivity index (χ3v) is 3.94. The average molecular weight is 356 g/mol. The number of nitrogen functional groups attached to an aromatic ring is 1. The van der Waals surface area contributed by atoms with Gasteiger partial charge in [0.1, 0.15) is 23.1 Å². The first-order valence-electron chi connectivity index (χ1n) is 7.64. The number of aromatic hydroxyl groups is 1. The molecule has 0 spiro atoms. The molecule has 0 aliphatic carbocycles. The summed E-state index contributed by atoms with van der Waals surface area (Å²) in [5.41, 5.74) is 7.07. The molecule has 0 heterocycles. The molecule has 7 heteroatoms. The number of nitrogens with two attached hydrogens (primary N) is 1. The number of phenols is 1. The van der Waals surface area contributed by atoms with Crippen LogP contribution in [0.4, 0.5) is 0 Å². The first kappa shape index (κ1) is 18.9. The molecule has 7 nitrogen and oxygen atoms in total. The number of hydrogen-bond donors (Lipinski definition) is 4. The number of ether oxygens (including phenoxy) is 2. The van der Waals surface area contributed by atoms with Crippen molar-refractivity contribution in [2.75, 3.05) is 14.2 Å². The molecule has 0 radical (unpaired) electrons. The lowest BCUT2D eigenvalue weighted by Gasteiger charge is -2.17. The second-order valence-corrected chi connectivity index (χ2v) is 5.52. The Balaban J connectivity index is 2.78. The molecule has 0 saturated carbocycles. The molecule has 2 rings (SSSR count). The zero-order valence-electron chi connectivity index (χ0n) is 14.7. The standard InChI is InChI=1S/C19H20N2O5/c1-10(19(23)24)16(11-4-6-12(7-5-11)18(20)21)17-14(22)8-13(25-2)9-15(17)26-3/h4-9,22H,1-3H3,(H3,20,21)(H,23,24). The monoisotopic (exact) mass is 356 g/mol. The van der Waals surface area contributed by atoms with Gasteiger partial charge in [-0.25, -0.2) is 4.79 Å². The Labute approximate surface area is 150 Å². The van der Waals surface area contributed by atoms with Gasteiger partial charge in [0.25, 0.3) is 0 Å². The fourth-order valence-corrected chi connectivity index (χ4v) is 2.58. The number of benzene rings is 2. The topological polar surface area (TPSA) is 126 Å². The van der Waals surface area contributed by atoms with Crippen molar-refractivity contribution in [3.8, 4) is 17.2 Å². The molecule has 26 heavy (non-hydrogen) atoms. The Hall–Kier alpha value is -3.48. The van der Waals surface area contributed by atoms with E-state index >= 15 is 0 Å². The van der Waals surface area contributed by atoms with Crippen LogP contribution in [0.15, 0.2) is 42.0 Å². The van der Waals surface area contributed by atoms with Crippen molar-refractivity contribution >= 4 is 17.4 Å². The van der Waals surface area contributed by atoms with E-state index in [0.717, 1.165) is 0 Å². The minimum absolute atomic E-state index is 0.0272. The molecular weight excluding hydrogens is 336 g/mol. The molecular formula is C19H20N2O5. The normalized spacial score (nSPS) is 11.5. The molecule has 2 aromatic rings. The number of rotatable bonds is 6. The zero-order valence-corrected chi connectivity index (χ0v) is 14.7. The van der Waals surface area contributed by atoms with E-state index in [1.54, 1.807) is 30.3 Å². The van der Waals surface area contributed by atoms with Gasteiger partial charge in [-0.15, -0.1) is 0 Å². The predicted octanol–water partition coefficient (Wildman–Crippen LogP) is 2.60. The number of carboxylic acids is 1. The lowest BCUT2D eigenvalue weighted by atomic mass is 9.91. The molecule has 2 aromatic carbocycles. The summed E-state index contributed by atoms with van der Waals surface area (Å²) in [5.74, 6) is -0.752. The highest BCUT2D eigenvalue weighted by atomic mass is 16.5. The third kappa shape index (κ3) is 3.61. The van der Waals surface area contributed by atoms with Gasteiger partial charge in [0.2, 0.25) is 0 Å². The molecule has 5 N–H and O–H groups in total. The Morgan fingerprint density at radius 2 is 1.65 bits per heavy atom. The lowest BCUT2D eigenvalue weighted by Crippen LogP contribution is -2.11. The second kappa shape index (κ2) is 7.60. The summed E-state index contributed by atoms with van der Waals surface area (Å²) < 4.78 is 10.5. The number of aliphatic carboxylic acids is 1. The maximum Gasteiger partial charge on any atom is 0.331 e. The van der Waals surface area contributed by atoms with Gasteiger partial charge in [-0.2, -0.15) is 0 Å². The number of phenolic OH excluding ortho intramolecular Hbond substituents is 1. The van der Waals surface area contributed by atoms with Crippen molar-refractivity contribution in [2.24, 2.45) is 5.73 Å². The number of carboxylic acid groups (broad SMARTS) is 1. The summed E-state index contributed by atoms with van der Waals surface area (Å²) in [5, 5.41) is 27.5. The highest BCUT2D eigenvalue weighted by Crippen LogP contribution is 2.42. The Morgan fingerprint density at radius 3 is 2.12 bits per heavy atom. The Bertz CT molecular complexity index is 886. The van der Waals surface area contributed by atoms with Crippen molar-refractivity contribution in [3.05, 3.63) is 58.7 Å². The minimum atomic E-state index is -1.13. The van der Waals surface area contributed by atoms with E-state index in [-0.39, 0.29) is 28.5 Å². The minimum Gasteiger partial charge on any atom is -0.507 e. The van der Waals surface area contributed by atoms with Crippen LogP contribution in [0.1, 0.15) is 23.6 Å². The predicted molar refractivity (Wildman–Crippen MR) is 98.0 cm³/mol. The molecule has 0 saturated heterocycles. The van der Waals surface area contributed by atoms with Crippen LogP contribution in [0.2, 0.25) is 0 Å². The van der Waals surface area contributed by atoms with E-state index in [4.69, 9.17) is 20.6 Å². The summed E-state index contributed by atoms with van der Waals surface area (Å²) in [6.45, 7) is 1.44. The van der Waals surface area contributed by atoms with Crippen molar-refractivity contribution in [1.29, 1.82) is 5.41 Å². The van der Waals surface area contributed by atoms with E-state index in [0.29, 0.717) is 22.4 Å². The van der Waals surface area contributed by atoms with E-state index in [1.807, 2.05) is 0 Å². The average Bonchev–Trinajstić information content (AvgIpc) is 2.62. The summed E-state index contributed by atoms with van der Waals surface area (Å²) >= 11 is 0. The fourth-order valence-electron chi connectivity index (χ4n) is 2.58. The maximum absolute atomic E-state index is 11.6. The van der Waals surface area contributed by atoms with Crippen LogP contribution >= 0.6 is 0 Å². The van der Waals surface area contributed by atoms with Gasteiger partial charge in [-0.1, -0.05) is 24.3 Å². The van der Waals surface area contributed by atoms with Crippen LogP contribution in [-0.2, 0) is 4.79 Å². The highest BCUT2D eigenvalue weighted by molar-refractivity contribution is 6.03. The van der Waals surface area contributed by atoms with Gasteiger partial charge in [0.15, 0.2) is 0 Å². The molecule has 0 bridgehead atoms. The molecule has 0 atom stereocenters. The first-order chi connectivity index (χ1) is 12.3. The SMILES string of the molecule is COc1cc(O)c(C(=C(C)C(=O)O)c2ccc(C(=N)N)cc2)c(OC)c1. The lowest BCUT2D eigenvalue weighted by molar-refractivity contribution is -0.132. The molecule has 136 valence electrons. The highest BCUT2D eigenvalue weighted by Gasteiger charge is 2.22. The summed E-state index contributed by atoms with van der Waals surface area (Å²) in [6, 6.07) is 9.45. The van der Waals surface area contributed by atoms with Gasteiger partial charge < -0.3 is 25.4 Å². The van der Waals surface area contributed by atoms with Crippen LogP contribution in [-0.4, -0.2) is 36.2 Å².